The summed E-state index contributed by atoms with van der Waals surface area (Å²) in [6, 6.07) is 1.07. The Morgan fingerprint density at radius 2 is 1.65 bits per heavy atom. The third kappa shape index (κ3) is 4.11. The number of amides is 2. The smallest absolute Gasteiger partial charge is 0.254 e. The second-order valence-corrected chi connectivity index (χ2v) is 11.3. The van der Waals surface area contributed by atoms with Gasteiger partial charge in [-0.3, -0.25) is 20.4 Å². The number of hydrogen-bond donors (Lipinski definition) is 3. The van der Waals surface area contributed by atoms with Crippen LogP contribution in [0.25, 0.3) is 0 Å². The van der Waals surface area contributed by atoms with E-state index in [0.29, 0.717) is 68.9 Å². The summed E-state index contributed by atoms with van der Waals surface area (Å²) in [6.07, 6.45) is 7.86. The number of halogens is 1. The average Bonchev–Trinajstić information content (AvgIpc) is 3.43. The maximum Gasteiger partial charge on any atom is 0.254 e. The molecule has 3 N–H and O–H groups in total. The Morgan fingerprint density at radius 1 is 0.968 bits per heavy atom. The minimum absolute atomic E-state index is 0.106. The second kappa shape index (κ2) is 8.47. The fourth-order valence-electron chi connectivity index (χ4n) is 6.71. The molecule has 31 heavy (non-hydrogen) atoms. The number of nitrogens with one attached hydrogen (secondary N) is 2. The van der Waals surface area contributed by atoms with Gasteiger partial charge >= 0.3 is 0 Å². The van der Waals surface area contributed by atoms with Gasteiger partial charge in [-0.25, -0.2) is 0 Å². The zero-order valence-corrected chi connectivity index (χ0v) is 19.3. The minimum atomic E-state index is -1.12. The largest absolute Gasteiger partial charge is 0.380 e. The standard InChI is InChI=1S/C23H37ClN4O3/c1-14-16-3-2-4-17(20(16)26-25-14)15-5-6-18(19(24)13-15)21(29)27-9-11-28(12-10-27)22(30)23(31)7-8-23/h14-20,25-26,31H,2-13H2,1H3. The summed E-state index contributed by atoms with van der Waals surface area (Å²) in [5, 5.41) is 9.96. The van der Waals surface area contributed by atoms with Crippen molar-refractivity contribution >= 4 is 23.4 Å². The molecule has 2 amide bonds. The highest BCUT2D eigenvalue weighted by Gasteiger charge is 2.51. The molecule has 7 unspecified atom stereocenters. The molecule has 0 aromatic carbocycles. The molecule has 2 saturated heterocycles. The van der Waals surface area contributed by atoms with Crippen molar-refractivity contribution in [1.82, 2.24) is 20.7 Å². The topological polar surface area (TPSA) is 84.9 Å². The van der Waals surface area contributed by atoms with E-state index in [4.69, 9.17) is 11.6 Å². The predicted octanol–water partition coefficient (Wildman–Crippen LogP) is 1.49. The quantitative estimate of drug-likeness (QED) is 0.565. The van der Waals surface area contributed by atoms with Gasteiger partial charge in [0.15, 0.2) is 0 Å². The van der Waals surface area contributed by atoms with E-state index in [1.54, 1.807) is 4.90 Å². The Hall–Kier alpha value is -0.890. The van der Waals surface area contributed by atoms with Gasteiger partial charge in [-0.05, 0) is 69.6 Å². The summed E-state index contributed by atoms with van der Waals surface area (Å²) in [5.41, 5.74) is 5.90. The number of aliphatic hydroxyl groups is 1. The number of rotatable bonds is 3. The molecule has 5 fully saturated rings. The van der Waals surface area contributed by atoms with Crippen LogP contribution in [0.15, 0.2) is 0 Å². The van der Waals surface area contributed by atoms with Crippen molar-refractivity contribution in [2.24, 2.45) is 23.7 Å². The second-order valence-electron chi connectivity index (χ2n) is 10.7. The lowest BCUT2D eigenvalue weighted by Crippen LogP contribution is -2.55. The fraction of sp³-hybridized carbons (Fsp3) is 0.913. The molecule has 8 heteroatoms. The van der Waals surface area contributed by atoms with Crippen molar-refractivity contribution in [3.05, 3.63) is 0 Å². The van der Waals surface area contributed by atoms with Crippen molar-refractivity contribution in [3.63, 3.8) is 0 Å². The fourth-order valence-corrected chi connectivity index (χ4v) is 7.17. The van der Waals surface area contributed by atoms with Gasteiger partial charge in [0.25, 0.3) is 5.91 Å². The van der Waals surface area contributed by atoms with Crippen molar-refractivity contribution in [3.8, 4) is 0 Å². The zero-order valence-electron chi connectivity index (χ0n) is 18.6. The first-order valence-electron chi connectivity index (χ1n) is 12.3. The Morgan fingerprint density at radius 3 is 2.32 bits per heavy atom. The molecular weight excluding hydrogens is 416 g/mol. The molecule has 3 saturated carbocycles. The van der Waals surface area contributed by atoms with Crippen LogP contribution in [-0.4, -0.2) is 76.0 Å². The van der Waals surface area contributed by atoms with Crippen LogP contribution in [0.1, 0.15) is 58.3 Å². The Balaban J connectivity index is 1.14. The van der Waals surface area contributed by atoms with Gasteiger partial charge < -0.3 is 14.9 Å². The van der Waals surface area contributed by atoms with Crippen molar-refractivity contribution < 1.29 is 14.7 Å². The summed E-state index contributed by atoms with van der Waals surface area (Å²) in [4.78, 5) is 29.2. The van der Waals surface area contributed by atoms with Crippen molar-refractivity contribution in [2.75, 3.05) is 26.2 Å². The van der Waals surface area contributed by atoms with E-state index in [2.05, 4.69) is 17.8 Å². The van der Waals surface area contributed by atoms with Gasteiger partial charge in [-0.1, -0.05) is 6.42 Å². The number of hydrogen-bond acceptors (Lipinski definition) is 5. The molecule has 174 valence electrons. The third-order valence-electron chi connectivity index (χ3n) is 8.85. The first-order valence-corrected chi connectivity index (χ1v) is 12.8. The van der Waals surface area contributed by atoms with E-state index in [9.17, 15) is 14.7 Å². The van der Waals surface area contributed by atoms with Crippen LogP contribution < -0.4 is 10.9 Å². The van der Waals surface area contributed by atoms with E-state index < -0.39 is 5.60 Å². The van der Waals surface area contributed by atoms with Gasteiger partial charge in [0, 0.05) is 43.6 Å². The van der Waals surface area contributed by atoms with Crippen LogP contribution in [-0.2, 0) is 9.59 Å². The number of hydrazine groups is 1. The number of nitrogens with zero attached hydrogens (tertiary/aromatic N) is 2. The van der Waals surface area contributed by atoms with E-state index in [0.717, 1.165) is 19.3 Å². The molecule has 3 aliphatic carbocycles. The minimum Gasteiger partial charge on any atom is -0.380 e. The van der Waals surface area contributed by atoms with Crippen LogP contribution in [0.4, 0.5) is 0 Å². The highest BCUT2D eigenvalue weighted by molar-refractivity contribution is 6.22. The summed E-state index contributed by atoms with van der Waals surface area (Å²) in [5.74, 6) is 1.83. The number of carbonyl (C=O) groups is 2. The molecule has 2 aliphatic heterocycles. The van der Waals surface area contributed by atoms with E-state index in [-0.39, 0.29) is 23.1 Å². The molecule has 0 aromatic heterocycles. The molecular formula is C23H37ClN4O3. The summed E-state index contributed by atoms with van der Waals surface area (Å²) in [7, 11) is 0. The molecule has 0 spiro atoms. The van der Waals surface area contributed by atoms with Gasteiger partial charge in [0.2, 0.25) is 5.91 Å². The van der Waals surface area contributed by atoms with Gasteiger partial charge in [0.05, 0.1) is 5.92 Å². The van der Waals surface area contributed by atoms with Crippen LogP contribution in [0, 0.1) is 23.7 Å². The first kappa shape index (κ1) is 21.9. The Kier molecular flexibility index (Phi) is 5.99. The molecule has 0 radical (unpaired) electrons. The zero-order chi connectivity index (χ0) is 21.8. The van der Waals surface area contributed by atoms with Crippen LogP contribution >= 0.6 is 11.6 Å². The Bertz CT molecular complexity index is 709. The van der Waals surface area contributed by atoms with E-state index in [1.807, 2.05) is 4.90 Å². The summed E-state index contributed by atoms with van der Waals surface area (Å²) in [6.45, 7) is 4.39. The third-order valence-corrected chi connectivity index (χ3v) is 9.34. The molecule has 2 heterocycles. The molecule has 7 atom stereocenters. The SMILES string of the molecule is CC1NNC2C(C3CCC(C(=O)N4CCN(C(=O)C5(O)CC5)CC4)C(Cl)C3)CCCC12. The van der Waals surface area contributed by atoms with Crippen LogP contribution in [0.2, 0.25) is 0 Å². The molecule has 5 aliphatic rings. The lowest BCUT2D eigenvalue weighted by Gasteiger charge is -2.44. The highest BCUT2D eigenvalue weighted by Crippen LogP contribution is 2.45. The Labute approximate surface area is 190 Å². The van der Waals surface area contributed by atoms with Crippen LogP contribution in [0.3, 0.4) is 0 Å². The lowest BCUT2D eigenvalue weighted by molar-refractivity contribution is -0.148. The molecule has 5 rings (SSSR count). The predicted molar refractivity (Wildman–Crippen MR) is 118 cm³/mol. The van der Waals surface area contributed by atoms with E-state index in [1.165, 1.54) is 19.3 Å². The normalized spacial score (nSPS) is 42.2. The van der Waals surface area contributed by atoms with Gasteiger partial charge in [-0.15, -0.1) is 11.6 Å². The monoisotopic (exact) mass is 452 g/mol. The molecule has 0 bridgehead atoms. The number of fused-ring (bicyclic) bond motifs is 1. The molecule has 0 aromatic rings. The maximum atomic E-state index is 13.2. The maximum absolute atomic E-state index is 13.2. The first-order chi connectivity index (χ1) is 14.9. The van der Waals surface area contributed by atoms with Crippen molar-refractivity contribution in [2.45, 2.75) is 81.4 Å². The van der Waals surface area contributed by atoms with Crippen LogP contribution in [0.5, 0.6) is 0 Å². The van der Waals surface area contributed by atoms with Gasteiger partial charge in [-0.2, -0.15) is 0 Å². The number of carbonyl (C=O) groups excluding carboxylic acids is 2. The number of alkyl halides is 1. The summed E-state index contributed by atoms with van der Waals surface area (Å²) < 4.78 is 0. The highest BCUT2D eigenvalue weighted by atomic mass is 35.5. The van der Waals surface area contributed by atoms with E-state index >= 15 is 0 Å². The van der Waals surface area contributed by atoms with Crippen molar-refractivity contribution in [1.29, 1.82) is 0 Å². The molecule has 7 nitrogen and oxygen atoms in total. The summed E-state index contributed by atoms with van der Waals surface area (Å²) >= 11 is 6.85. The van der Waals surface area contributed by atoms with Gasteiger partial charge in [0.1, 0.15) is 5.60 Å². The number of piperazine rings is 1. The average molecular weight is 453 g/mol. The lowest BCUT2D eigenvalue weighted by atomic mass is 9.65.